The van der Waals surface area contributed by atoms with Crippen LogP contribution in [0.5, 0.6) is 0 Å². The molecule has 0 radical (unpaired) electrons. The van der Waals surface area contributed by atoms with Gasteiger partial charge >= 0.3 is 11.4 Å². The fourth-order valence-corrected chi connectivity index (χ4v) is 0.647. The molecule has 0 saturated heterocycles. The van der Waals surface area contributed by atoms with Crippen molar-refractivity contribution in [3.8, 4) is 0 Å². The molecule has 0 aliphatic heterocycles. The highest BCUT2D eigenvalue weighted by molar-refractivity contribution is 5.85. The van der Waals surface area contributed by atoms with E-state index in [0.29, 0.717) is 5.69 Å². The largest absolute Gasteiger partial charge is 0.385 e. The van der Waals surface area contributed by atoms with Crippen LogP contribution in [-0.4, -0.2) is 10.1 Å². The van der Waals surface area contributed by atoms with Crippen LogP contribution in [0.1, 0.15) is 0 Å². The van der Waals surface area contributed by atoms with Gasteiger partial charge in [0.05, 0.1) is 4.91 Å². The van der Waals surface area contributed by atoms with Crippen molar-refractivity contribution in [2.24, 2.45) is 0 Å². The molecule has 12 heavy (non-hydrogen) atoms. The first-order valence-electron chi connectivity index (χ1n) is 2.85. The van der Waals surface area contributed by atoms with Gasteiger partial charge < -0.3 is 0 Å². The highest BCUT2D eigenvalue weighted by atomic mass is 35.5. The van der Waals surface area contributed by atoms with Crippen molar-refractivity contribution in [1.29, 1.82) is 5.39 Å². The molecular weight excluding hydrogens is 182 g/mol. The molecule has 0 fully saturated rings. The maximum absolute atomic E-state index is 10.2. The zero-order chi connectivity index (χ0) is 8.27. The summed E-state index contributed by atoms with van der Waals surface area (Å²) in [6, 6.07) is 5.47. The lowest BCUT2D eigenvalue weighted by atomic mass is 10.3. The molecule has 0 aliphatic carbocycles. The average molecular weight is 188 g/mol. The number of nitrogens with zero attached hydrogens (tertiary/aromatic N) is 3. The van der Waals surface area contributed by atoms with Crippen molar-refractivity contribution in [3.05, 3.63) is 34.1 Å². The zero-order valence-corrected chi connectivity index (χ0v) is 6.73. The Morgan fingerprint density at radius 2 is 1.83 bits per heavy atom. The van der Waals surface area contributed by atoms with E-state index in [9.17, 15) is 4.91 Å². The minimum absolute atomic E-state index is 0. The predicted molar refractivity (Wildman–Crippen MR) is 43.5 cm³/mol. The highest BCUT2D eigenvalue weighted by Crippen LogP contribution is 2.16. The van der Waals surface area contributed by atoms with Gasteiger partial charge in [-0.3, -0.25) is 0 Å². The maximum Gasteiger partial charge on any atom is 0.385 e. The Morgan fingerprint density at radius 3 is 2.17 bits per heavy atom. The van der Waals surface area contributed by atoms with Gasteiger partial charge in [-0.2, -0.15) is 0 Å². The quantitative estimate of drug-likeness (QED) is 0.542. The van der Waals surface area contributed by atoms with Gasteiger partial charge in [0.1, 0.15) is 0 Å². The summed E-state index contributed by atoms with van der Waals surface area (Å²) in [6.45, 7) is 0. The van der Waals surface area contributed by atoms with E-state index in [1.165, 1.54) is 24.3 Å². The van der Waals surface area contributed by atoms with Crippen LogP contribution in [0.15, 0.2) is 24.3 Å². The van der Waals surface area contributed by atoms with Gasteiger partial charge in [-0.1, -0.05) is 0 Å². The van der Waals surface area contributed by atoms with Gasteiger partial charge in [-0.15, -0.1) is 12.4 Å². The molecule has 0 unspecified atom stereocenters. The van der Waals surface area contributed by atoms with Gasteiger partial charge in [-0.25, -0.2) is 5.21 Å². The van der Waals surface area contributed by atoms with E-state index in [4.69, 9.17) is 10.6 Å². The number of rotatable bonds is 1. The number of halogens is 1. The highest BCUT2D eigenvalue weighted by Gasteiger charge is 2.13. The van der Waals surface area contributed by atoms with Crippen molar-refractivity contribution in [2.45, 2.75) is 0 Å². The summed E-state index contributed by atoms with van der Waals surface area (Å²) in [7, 11) is 0. The third-order valence-electron chi connectivity index (χ3n) is 1.19. The topological polar surface area (TPSA) is 68.5 Å². The molecule has 0 aliphatic rings. The Labute approximate surface area is 74.2 Å². The lowest BCUT2D eigenvalue weighted by molar-refractivity contribution is -0.729. The number of diazo groups is 1. The van der Waals surface area contributed by atoms with Gasteiger partial charge in [0, 0.05) is 24.3 Å². The number of benzene rings is 1. The smallest absolute Gasteiger partial charge is 0.241 e. The first kappa shape index (κ1) is 10.3. The molecule has 0 heterocycles. The summed E-state index contributed by atoms with van der Waals surface area (Å²) in [5, 5.41) is 16.6. The molecule has 0 bridgehead atoms. The molecule has 1 rings (SSSR count). The first-order valence-corrected chi connectivity index (χ1v) is 2.85. The summed E-state index contributed by atoms with van der Waals surface area (Å²) < 4.78 is 0. The monoisotopic (exact) mass is 187 g/mol. The molecule has 1 aromatic rings. The zero-order valence-electron chi connectivity index (χ0n) is 5.91. The third-order valence-corrected chi connectivity index (χ3v) is 1.19. The second-order valence-electron chi connectivity index (χ2n) is 1.89. The Balaban J connectivity index is 0.00000121. The lowest BCUT2D eigenvalue weighted by Gasteiger charge is -1.77. The number of hydrogen-bond donors (Lipinski definition) is 1. The summed E-state index contributed by atoms with van der Waals surface area (Å²) in [5.41, 5.74) is 0.424. The van der Waals surface area contributed by atoms with E-state index in [1.807, 2.05) is 0 Å². The molecule has 0 amide bonds. The predicted octanol–water partition coefficient (Wildman–Crippen LogP) is 2.39. The molecule has 0 spiro atoms. The van der Waals surface area contributed by atoms with Crippen LogP contribution in [0.25, 0.3) is 4.98 Å². The summed E-state index contributed by atoms with van der Waals surface area (Å²) in [4.78, 5) is 12.8. The first-order chi connectivity index (χ1) is 5.24. The Kier molecular flexibility index (Phi) is 3.67. The van der Waals surface area contributed by atoms with Crippen LogP contribution >= 0.6 is 12.4 Å². The molecule has 0 atom stereocenters. The van der Waals surface area contributed by atoms with E-state index in [2.05, 4.69) is 4.98 Å². The van der Waals surface area contributed by atoms with Crippen LogP contribution in [-0.2, 0) is 0 Å². The van der Waals surface area contributed by atoms with E-state index >= 15 is 0 Å². The van der Waals surface area contributed by atoms with Crippen LogP contribution in [0.4, 0.5) is 11.4 Å². The van der Waals surface area contributed by atoms with E-state index in [1.54, 1.807) is 0 Å². The number of hydrogen-bond acceptors (Lipinski definition) is 2. The van der Waals surface area contributed by atoms with Gasteiger partial charge in [0.25, 0.3) is 4.92 Å². The molecule has 0 aromatic heterocycles. The van der Waals surface area contributed by atoms with E-state index in [-0.39, 0.29) is 23.0 Å². The van der Waals surface area contributed by atoms with Crippen molar-refractivity contribution in [1.82, 2.24) is 0 Å². The molecular formula is C6H6ClN3O2+2. The van der Waals surface area contributed by atoms with Crippen molar-refractivity contribution < 1.29 is 10.1 Å². The van der Waals surface area contributed by atoms with E-state index < -0.39 is 0 Å². The Bertz CT molecular complexity index is 317. The lowest BCUT2D eigenvalue weighted by Crippen LogP contribution is -1.89. The fourth-order valence-electron chi connectivity index (χ4n) is 0.647. The van der Waals surface area contributed by atoms with E-state index in [0.717, 1.165) is 0 Å². The van der Waals surface area contributed by atoms with Crippen LogP contribution in [0.2, 0.25) is 0 Å². The second kappa shape index (κ2) is 4.26. The van der Waals surface area contributed by atoms with Gasteiger partial charge in [0.2, 0.25) is 5.39 Å². The van der Waals surface area contributed by atoms with Gasteiger partial charge in [-0.05, 0) is 0 Å². The minimum Gasteiger partial charge on any atom is -0.241 e. The molecule has 6 heteroatoms. The molecule has 1 N–H and O–H groups in total. The fraction of sp³-hybridized carbons (Fsp3) is 0. The summed E-state index contributed by atoms with van der Waals surface area (Å²) in [5.74, 6) is 0. The Hall–Kier alpha value is -1.67. The van der Waals surface area contributed by atoms with Crippen molar-refractivity contribution >= 4 is 23.8 Å². The average Bonchev–Trinajstić information content (AvgIpc) is 2.05. The minimum atomic E-state index is -0.263. The summed E-state index contributed by atoms with van der Waals surface area (Å²) in [6.07, 6.45) is 0. The van der Waals surface area contributed by atoms with Crippen molar-refractivity contribution in [2.75, 3.05) is 0 Å². The molecule has 1 aromatic carbocycles. The molecule has 62 valence electrons. The van der Waals surface area contributed by atoms with Crippen molar-refractivity contribution in [3.63, 3.8) is 0 Å². The normalized spacial score (nSPS) is 7.92. The Morgan fingerprint density at radius 1 is 1.33 bits per heavy atom. The molecule has 5 nitrogen and oxygen atoms in total. The summed E-state index contributed by atoms with van der Waals surface area (Å²) >= 11 is 0. The SMILES string of the molecule is Cl.N#[N+]c1ccc([N+](=O)O)cc1. The maximum atomic E-state index is 10.2. The standard InChI is InChI=1S/C6H5N3O2.ClH/c7-8-5-1-3-6(4-2-5)9(10)11;/h1-4H,(H,10,11);1H/q+2;. The van der Waals surface area contributed by atoms with Gasteiger partial charge in [0.15, 0.2) is 4.98 Å². The third kappa shape index (κ3) is 2.18. The van der Waals surface area contributed by atoms with Crippen LogP contribution in [0.3, 0.4) is 0 Å². The second-order valence-corrected chi connectivity index (χ2v) is 1.89. The molecule has 0 saturated carbocycles. The van der Waals surface area contributed by atoms with Crippen LogP contribution < -0.4 is 0 Å². The van der Waals surface area contributed by atoms with Crippen LogP contribution in [0, 0.1) is 10.3 Å².